The first-order chi connectivity index (χ1) is 9.67. The summed E-state index contributed by atoms with van der Waals surface area (Å²) in [5.74, 6) is 0.926. The topological polar surface area (TPSA) is 21.3 Å². The van der Waals surface area contributed by atoms with E-state index < -0.39 is 0 Å². The first kappa shape index (κ1) is 13.3. The molecule has 2 aliphatic carbocycles. The molecule has 0 saturated carbocycles. The number of anilines is 1. The molecule has 1 atom stereocenters. The van der Waals surface area contributed by atoms with Gasteiger partial charge < -0.3 is 10.1 Å². The largest absolute Gasteiger partial charge is 0.497 e. The number of hydrogen-bond acceptors (Lipinski definition) is 2. The molecule has 104 valence electrons. The highest BCUT2D eigenvalue weighted by Crippen LogP contribution is 2.32. The number of hydrogen-bond donors (Lipinski definition) is 1. The molecule has 1 heterocycles. The van der Waals surface area contributed by atoms with Crippen LogP contribution >= 0.6 is 11.6 Å². The van der Waals surface area contributed by atoms with Crippen LogP contribution in [0, 0.1) is 0 Å². The van der Waals surface area contributed by atoms with Crippen molar-refractivity contribution in [2.45, 2.75) is 24.8 Å². The van der Waals surface area contributed by atoms with Crippen LogP contribution in [0.25, 0.3) is 0 Å². The predicted molar refractivity (Wildman–Crippen MR) is 84.7 cm³/mol. The van der Waals surface area contributed by atoms with Gasteiger partial charge in [0.2, 0.25) is 0 Å². The Balaban J connectivity index is 0.000000131. The molecule has 0 spiro atoms. The van der Waals surface area contributed by atoms with E-state index in [0.717, 1.165) is 12.2 Å². The summed E-state index contributed by atoms with van der Waals surface area (Å²) in [4.78, 5) is 0. The quantitative estimate of drug-likeness (QED) is 0.786. The van der Waals surface area contributed by atoms with Crippen molar-refractivity contribution in [2.75, 3.05) is 12.4 Å². The fourth-order valence-electron chi connectivity index (χ4n) is 2.67. The van der Waals surface area contributed by atoms with Gasteiger partial charge in [-0.3, -0.25) is 0 Å². The van der Waals surface area contributed by atoms with E-state index in [2.05, 4.69) is 48.7 Å². The van der Waals surface area contributed by atoms with Crippen LogP contribution in [-0.2, 0) is 6.42 Å². The molecule has 4 rings (SSSR count). The zero-order valence-corrected chi connectivity index (χ0v) is 12.4. The molecule has 2 nitrogen and oxygen atoms in total. The molecule has 1 unspecified atom stereocenters. The Bertz CT molecular complexity index is 593. The lowest BCUT2D eigenvalue weighted by Crippen LogP contribution is -2.08. The van der Waals surface area contributed by atoms with Gasteiger partial charge in [0.25, 0.3) is 0 Å². The first-order valence-corrected chi connectivity index (χ1v) is 7.28. The molecule has 0 aromatic heterocycles. The summed E-state index contributed by atoms with van der Waals surface area (Å²) < 4.78 is 5.13. The highest BCUT2D eigenvalue weighted by Gasteiger charge is 2.21. The second-order valence-electron chi connectivity index (χ2n) is 5.30. The smallest absolute Gasteiger partial charge is 0.120 e. The summed E-state index contributed by atoms with van der Waals surface area (Å²) >= 11 is 5.88. The number of alkyl halides is 1. The normalized spacial score (nSPS) is 21.6. The Kier molecular flexibility index (Phi) is 3.58. The maximum Gasteiger partial charge on any atom is 0.120 e. The molecule has 0 radical (unpaired) electrons. The van der Waals surface area contributed by atoms with Crippen LogP contribution in [0.1, 0.15) is 12.5 Å². The minimum Gasteiger partial charge on any atom is -0.497 e. The number of nitrogens with one attached hydrogen (secondary N) is 1. The zero-order chi connectivity index (χ0) is 14.1. The predicted octanol–water partition coefficient (Wildman–Crippen LogP) is 4.08. The number of allylic oxidation sites excluding steroid dienone is 6. The number of benzene rings is 1. The third kappa shape index (κ3) is 2.48. The SMILES string of the molecule is COc1ccc2c(c1)NC(C)C2.ClC1C2=CC=C1C=C2. The lowest BCUT2D eigenvalue weighted by molar-refractivity contribution is 0.415. The lowest BCUT2D eigenvalue weighted by atomic mass is 10.1. The summed E-state index contributed by atoms with van der Waals surface area (Å²) in [6.45, 7) is 2.19. The molecule has 3 aliphatic rings. The van der Waals surface area contributed by atoms with E-state index >= 15 is 0 Å². The summed E-state index contributed by atoms with van der Waals surface area (Å²) in [6.07, 6.45) is 9.37. The van der Waals surface area contributed by atoms with Crippen molar-refractivity contribution in [3.63, 3.8) is 0 Å². The third-order valence-corrected chi connectivity index (χ3v) is 4.27. The van der Waals surface area contributed by atoms with E-state index in [1.165, 1.54) is 22.4 Å². The zero-order valence-electron chi connectivity index (χ0n) is 11.7. The number of methoxy groups -OCH3 is 1. The van der Waals surface area contributed by atoms with Crippen molar-refractivity contribution < 1.29 is 4.74 Å². The summed E-state index contributed by atoms with van der Waals surface area (Å²) in [7, 11) is 1.69. The first-order valence-electron chi connectivity index (χ1n) is 6.85. The fourth-order valence-corrected chi connectivity index (χ4v) is 2.96. The number of rotatable bonds is 1. The molecule has 0 amide bonds. The third-order valence-electron chi connectivity index (χ3n) is 3.77. The van der Waals surface area contributed by atoms with Gasteiger partial charge in [0, 0.05) is 17.8 Å². The van der Waals surface area contributed by atoms with Crippen molar-refractivity contribution in [2.24, 2.45) is 0 Å². The molecule has 20 heavy (non-hydrogen) atoms. The summed E-state index contributed by atoms with van der Waals surface area (Å²) in [6, 6.07) is 6.76. The fraction of sp³-hybridized carbons (Fsp3) is 0.294. The van der Waals surface area contributed by atoms with Crippen molar-refractivity contribution in [1.82, 2.24) is 0 Å². The molecular formula is C17H18ClNO. The molecule has 1 aromatic carbocycles. The van der Waals surface area contributed by atoms with Gasteiger partial charge in [-0.2, -0.15) is 0 Å². The molecular weight excluding hydrogens is 270 g/mol. The highest BCUT2D eigenvalue weighted by molar-refractivity contribution is 6.25. The van der Waals surface area contributed by atoms with Gasteiger partial charge in [0.15, 0.2) is 0 Å². The molecule has 2 bridgehead atoms. The van der Waals surface area contributed by atoms with Gasteiger partial charge in [-0.1, -0.05) is 30.4 Å². The highest BCUT2D eigenvalue weighted by atomic mass is 35.5. The van der Waals surface area contributed by atoms with Crippen LogP contribution in [0.15, 0.2) is 53.6 Å². The van der Waals surface area contributed by atoms with Crippen molar-refractivity contribution in [3.05, 3.63) is 59.2 Å². The van der Waals surface area contributed by atoms with Crippen LogP contribution in [0.3, 0.4) is 0 Å². The molecule has 3 heteroatoms. The van der Waals surface area contributed by atoms with E-state index in [4.69, 9.17) is 16.3 Å². The van der Waals surface area contributed by atoms with Crippen LogP contribution in [0.5, 0.6) is 5.75 Å². The summed E-state index contributed by atoms with van der Waals surface area (Å²) in [5, 5.41) is 3.57. The minimum atomic E-state index is 0.176. The van der Waals surface area contributed by atoms with Gasteiger partial charge in [0.05, 0.1) is 12.5 Å². The average molecular weight is 288 g/mol. The Hall–Kier alpha value is -1.67. The second kappa shape index (κ2) is 5.37. The standard InChI is InChI=1S/C10H13NO.C7H5Cl/c1-7-5-8-3-4-9(12-2)6-10(8)11-7;8-7-5-1-2-6(7)4-3-5/h3-4,6-7,11H,5H2,1-2H3;1-4,7H. The monoisotopic (exact) mass is 287 g/mol. The van der Waals surface area contributed by atoms with E-state index in [9.17, 15) is 0 Å². The number of halogens is 1. The van der Waals surface area contributed by atoms with Crippen molar-refractivity contribution in [3.8, 4) is 5.75 Å². The van der Waals surface area contributed by atoms with E-state index in [-0.39, 0.29) is 5.38 Å². The number of ether oxygens (including phenoxy) is 1. The Labute approximate surface area is 124 Å². The molecule has 1 N–H and O–H groups in total. The number of fused-ring (bicyclic) bond motifs is 3. The van der Waals surface area contributed by atoms with Gasteiger partial charge in [0.1, 0.15) is 5.75 Å². The maximum atomic E-state index is 5.88. The van der Waals surface area contributed by atoms with E-state index in [0.29, 0.717) is 6.04 Å². The van der Waals surface area contributed by atoms with Gasteiger partial charge in [-0.05, 0) is 36.1 Å². The van der Waals surface area contributed by atoms with E-state index in [1.807, 2.05) is 6.07 Å². The van der Waals surface area contributed by atoms with E-state index in [1.54, 1.807) is 7.11 Å². The molecule has 1 aromatic rings. The van der Waals surface area contributed by atoms with Crippen LogP contribution < -0.4 is 10.1 Å². The van der Waals surface area contributed by atoms with Crippen molar-refractivity contribution >= 4 is 17.3 Å². The van der Waals surface area contributed by atoms with Gasteiger partial charge in [-0.15, -0.1) is 11.6 Å². The van der Waals surface area contributed by atoms with Crippen molar-refractivity contribution in [1.29, 1.82) is 0 Å². The Morgan fingerprint density at radius 2 is 1.90 bits per heavy atom. The van der Waals surface area contributed by atoms with Crippen LogP contribution in [0.2, 0.25) is 0 Å². The summed E-state index contributed by atoms with van der Waals surface area (Å²) in [5.41, 5.74) is 5.09. The van der Waals surface area contributed by atoms with Crippen LogP contribution in [0.4, 0.5) is 5.69 Å². The molecule has 0 fully saturated rings. The Morgan fingerprint density at radius 1 is 1.20 bits per heavy atom. The van der Waals surface area contributed by atoms with Gasteiger partial charge >= 0.3 is 0 Å². The van der Waals surface area contributed by atoms with Crippen LogP contribution in [-0.4, -0.2) is 18.5 Å². The Morgan fingerprint density at radius 3 is 2.40 bits per heavy atom. The lowest BCUT2D eigenvalue weighted by Gasteiger charge is -2.04. The molecule has 1 aliphatic heterocycles. The second-order valence-corrected chi connectivity index (χ2v) is 5.74. The molecule has 0 saturated heterocycles. The average Bonchev–Trinajstić information content (AvgIpc) is 3.12. The maximum absolute atomic E-state index is 5.88. The minimum absolute atomic E-state index is 0.176. The van der Waals surface area contributed by atoms with Gasteiger partial charge in [-0.25, -0.2) is 0 Å².